The lowest BCUT2D eigenvalue weighted by Crippen LogP contribution is -2.40. The van der Waals surface area contributed by atoms with Gasteiger partial charge < -0.3 is 14.8 Å². The number of carbonyl (C=O) groups excluding carboxylic acids is 2. The molecule has 0 radical (unpaired) electrons. The molecule has 0 atom stereocenters. The Labute approximate surface area is 238 Å². The number of nitrogens with zero attached hydrogens (tertiary/aromatic N) is 2. The van der Waals surface area contributed by atoms with E-state index in [1.807, 2.05) is 18.2 Å². The minimum atomic E-state index is -3.66. The third-order valence-electron chi connectivity index (χ3n) is 6.73. The fraction of sp³-hybridized carbons (Fsp3) is 0.333. The number of sulfonamides is 1. The van der Waals surface area contributed by atoms with Gasteiger partial charge in [0.1, 0.15) is 5.00 Å². The van der Waals surface area contributed by atoms with Crippen molar-refractivity contribution in [2.45, 2.75) is 24.4 Å². The fourth-order valence-electron chi connectivity index (χ4n) is 4.73. The fourth-order valence-corrected chi connectivity index (χ4v) is 7.41. The number of methoxy groups -OCH3 is 1. The first-order valence-electron chi connectivity index (χ1n) is 12.4. The van der Waals surface area contributed by atoms with Gasteiger partial charge in [0.15, 0.2) is 0 Å². The van der Waals surface area contributed by atoms with Crippen LogP contribution in [0.1, 0.15) is 36.7 Å². The molecule has 0 bridgehead atoms. The summed E-state index contributed by atoms with van der Waals surface area (Å²) in [4.78, 5) is 29.3. The molecule has 3 heterocycles. The summed E-state index contributed by atoms with van der Waals surface area (Å²) < 4.78 is 37.4. The molecule has 39 heavy (non-hydrogen) atoms. The van der Waals surface area contributed by atoms with Crippen molar-refractivity contribution in [2.75, 3.05) is 45.3 Å². The smallest absolute Gasteiger partial charge is 0.341 e. The second kappa shape index (κ2) is 12.6. The van der Waals surface area contributed by atoms with Gasteiger partial charge in [-0.1, -0.05) is 30.3 Å². The van der Waals surface area contributed by atoms with Gasteiger partial charge in [-0.25, -0.2) is 13.2 Å². The summed E-state index contributed by atoms with van der Waals surface area (Å²) in [6.07, 6.45) is 0.674. The Balaban J connectivity index is 0.00000353. The summed E-state index contributed by atoms with van der Waals surface area (Å²) in [6, 6.07) is 16.0. The summed E-state index contributed by atoms with van der Waals surface area (Å²) in [5.74, 6) is -0.911. The Hall–Kier alpha value is -2.80. The molecule has 2 aliphatic heterocycles. The molecule has 1 N–H and O–H groups in total. The maximum atomic E-state index is 13.1. The van der Waals surface area contributed by atoms with E-state index in [2.05, 4.69) is 22.3 Å². The van der Waals surface area contributed by atoms with Crippen molar-refractivity contribution in [1.29, 1.82) is 0 Å². The molecule has 0 aliphatic carbocycles. The number of morpholine rings is 1. The number of esters is 1. The summed E-state index contributed by atoms with van der Waals surface area (Å²) in [7, 11) is -2.33. The first-order valence-corrected chi connectivity index (χ1v) is 14.6. The third kappa shape index (κ3) is 6.34. The molecule has 208 valence electrons. The summed E-state index contributed by atoms with van der Waals surface area (Å²) in [5, 5.41) is 3.31. The molecule has 9 nitrogen and oxygen atoms in total. The number of fused-ring (bicyclic) bond motifs is 1. The van der Waals surface area contributed by atoms with E-state index in [4.69, 9.17) is 9.47 Å². The molecule has 0 saturated carbocycles. The van der Waals surface area contributed by atoms with Gasteiger partial charge >= 0.3 is 5.97 Å². The zero-order chi connectivity index (χ0) is 26.7. The summed E-state index contributed by atoms with van der Waals surface area (Å²) >= 11 is 1.38. The first kappa shape index (κ1) is 29.2. The van der Waals surface area contributed by atoms with E-state index in [1.54, 1.807) is 0 Å². The van der Waals surface area contributed by atoms with Crippen molar-refractivity contribution in [1.82, 2.24) is 9.21 Å². The van der Waals surface area contributed by atoms with Gasteiger partial charge in [0, 0.05) is 43.2 Å². The van der Waals surface area contributed by atoms with Gasteiger partial charge in [-0.2, -0.15) is 4.31 Å². The van der Waals surface area contributed by atoms with Crippen LogP contribution in [0, 0.1) is 0 Å². The maximum absolute atomic E-state index is 13.1. The highest BCUT2D eigenvalue weighted by Gasteiger charge is 2.30. The van der Waals surface area contributed by atoms with Crippen LogP contribution < -0.4 is 5.32 Å². The monoisotopic (exact) mass is 591 g/mol. The van der Waals surface area contributed by atoms with Gasteiger partial charge in [0.05, 0.1) is 30.8 Å². The van der Waals surface area contributed by atoms with Crippen LogP contribution in [-0.2, 0) is 39.0 Å². The highest BCUT2D eigenvalue weighted by molar-refractivity contribution is 7.89. The largest absolute Gasteiger partial charge is 0.465 e. The number of nitrogens with one attached hydrogen (secondary N) is 1. The molecule has 0 spiro atoms. The zero-order valence-corrected chi connectivity index (χ0v) is 23.9. The van der Waals surface area contributed by atoms with E-state index in [1.165, 1.54) is 52.6 Å². The van der Waals surface area contributed by atoms with Crippen LogP contribution in [0.15, 0.2) is 59.5 Å². The van der Waals surface area contributed by atoms with E-state index in [0.29, 0.717) is 55.4 Å². The summed E-state index contributed by atoms with van der Waals surface area (Å²) in [5.41, 5.74) is 2.81. The molecule has 1 aromatic heterocycles. The number of benzene rings is 2. The molecule has 0 unspecified atom stereocenters. The molecule has 1 fully saturated rings. The first-order chi connectivity index (χ1) is 18.4. The molecule has 1 saturated heterocycles. The highest BCUT2D eigenvalue weighted by atomic mass is 35.5. The van der Waals surface area contributed by atoms with Gasteiger partial charge in [0.2, 0.25) is 10.0 Å². The van der Waals surface area contributed by atoms with Gasteiger partial charge in [0.25, 0.3) is 5.91 Å². The maximum Gasteiger partial charge on any atom is 0.341 e. The minimum Gasteiger partial charge on any atom is -0.465 e. The van der Waals surface area contributed by atoms with E-state index in [9.17, 15) is 18.0 Å². The highest BCUT2D eigenvalue weighted by Crippen LogP contribution is 2.38. The van der Waals surface area contributed by atoms with E-state index in [0.717, 1.165) is 23.5 Å². The van der Waals surface area contributed by atoms with Crippen molar-refractivity contribution in [3.8, 4) is 0 Å². The molecule has 1 amide bonds. The number of hydrogen-bond donors (Lipinski definition) is 1. The van der Waals surface area contributed by atoms with Gasteiger partial charge in [-0.05, 0) is 41.8 Å². The summed E-state index contributed by atoms with van der Waals surface area (Å²) in [6.45, 7) is 3.57. The minimum absolute atomic E-state index is 0. The Bertz CT molecular complexity index is 1420. The lowest BCUT2D eigenvalue weighted by Gasteiger charge is -2.27. The number of amides is 1. The number of rotatable bonds is 7. The molecule has 3 aromatic rings. The van der Waals surface area contributed by atoms with Crippen LogP contribution in [-0.4, -0.2) is 69.5 Å². The van der Waals surface area contributed by atoms with Crippen molar-refractivity contribution in [2.24, 2.45) is 0 Å². The molecule has 5 rings (SSSR count). The number of carbonyl (C=O) groups is 2. The number of thiophene rings is 1. The SMILES string of the molecule is COC(=O)c1c(NC(=O)c2ccc(S(=O)(=O)N3CCOCC3)cc2)sc2c1CCN(Cc1ccccc1)C2.Cl. The third-order valence-corrected chi connectivity index (χ3v) is 9.77. The van der Waals surface area contributed by atoms with E-state index >= 15 is 0 Å². The Morgan fingerprint density at radius 2 is 1.72 bits per heavy atom. The average Bonchev–Trinajstić information content (AvgIpc) is 3.30. The topological polar surface area (TPSA) is 105 Å². The second-order valence-corrected chi connectivity index (χ2v) is 12.2. The van der Waals surface area contributed by atoms with Crippen LogP contribution in [0.5, 0.6) is 0 Å². The van der Waals surface area contributed by atoms with Crippen LogP contribution in [0.3, 0.4) is 0 Å². The van der Waals surface area contributed by atoms with Gasteiger partial charge in [-0.15, -0.1) is 23.7 Å². The zero-order valence-electron chi connectivity index (χ0n) is 21.4. The van der Waals surface area contributed by atoms with E-state index < -0.39 is 21.9 Å². The Morgan fingerprint density at radius 1 is 1.03 bits per heavy atom. The lowest BCUT2D eigenvalue weighted by atomic mass is 10.0. The van der Waals surface area contributed by atoms with Crippen LogP contribution >= 0.6 is 23.7 Å². The van der Waals surface area contributed by atoms with Crippen LogP contribution in [0.4, 0.5) is 5.00 Å². The normalized spacial score (nSPS) is 16.1. The molecule has 2 aromatic carbocycles. The molecule has 2 aliphatic rings. The predicted octanol–water partition coefficient (Wildman–Crippen LogP) is 3.79. The molecule has 12 heteroatoms. The van der Waals surface area contributed by atoms with Crippen molar-refractivity contribution in [3.05, 3.63) is 81.7 Å². The molecular weight excluding hydrogens is 562 g/mol. The number of anilines is 1. The quantitative estimate of drug-likeness (QED) is 0.417. The standard InChI is InChI=1S/C27H29N3O6S2.ClH/c1-35-27(32)24-22-11-12-29(17-19-5-3-2-4-6-19)18-23(22)37-26(24)28-25(31)20-7-9-21(10-8-20)38(33,34)30-13-15-36-16-14-30;/h2-10H,11-18H2,1H3,(H,28,31);1H. The number of halogens is 1. The van der Waals surface area contributed by atoms with E-state index in [-0.39, 0.29) is 17.3 Å². The Morgan fingerprint density at radius 3 is 2.38 bits per heavy atom. The van der Waals surface area contributed by atoms with Crippen LogP contribution in [0.2, 0.25) is 0 Å². The second-order valence-electron chi connectivity index (χ2n) is 9.14. The predicted molar refractivity (Wildman–Crippen MR) is 151 cm³/mol. The van der Waals surface area contributed by atoms with Crippen molar-refractivity contribution in [3.63, 3.8) is 0 Å². The van der Waals surface area contributed by atoms with Crippen LogP contribution in [0.25, 0.3) is 0 Å². The molecular formula is C27H30ClN3O6S2. The number of ether oxygens (including phenoxy) is 2. The average molecular weight is 592 g/mol. The Kier molecular flexibility index (Phi) is 9.42. The van der Waals surface area contributed by atoms with Crippen molar-refractivity contribution < 1.29 is 27.5 Å². The van der Waals surface area contributed by atoms with Crippen molar-refractivity contribution >= 4 is 50.6 Å². The number of hydrogen-bond acceptors (Lipinski definition) is 8. The van der Waals surface area contributed by atoms with Gasteiger partial charge in [-0.3, -0.25) is 9.69 Å². The lowest BCUT2D eigenvalue weighted by molar-refractivity contribution is 0.0600.